The molecule has 7 heteroatoms. The van der Waals surface area contributed by atoms with Gasteiger partial charge < -0.3 is 10.1 Å². The van der Waals surface area contributed by atoms with Crippen molar-refractivity contribution < 1.29 is 19.1 Å². The molecule has 0 saturated carbocycles. The molecule has 2 N–H and O–H groups in total. The second kappa shape index (κ2) is 9.54. The Hall–Kier alpha value is -3.12. The van der Waals surface area contributed by atoms with Gasteiger partial charge in [-0.25, -0.2) is 9.59 Å². The number of esters is 1. The highest BCUT2D eigenvalue weighted by atomic mass is 35.5. The lowest BCUT2D eigenvalue weighted by atomic mass is 10.0. The molecule has 0 aliphatic heterocycles. The topological polar surface area (TPSA) is 84.5 Å². The lowest BCUT2D eigenvalue weighted by Crippen LogP contribution is -2.43. The standard InChI is InChI=1S/C20H19ClN2O4/c1-13(18(24)23-20(26)22-2)27-19(25)17(12-14-6-4-3-5-7-14)15-8-10-16(21)11-9-15/h3-13H,1-2H3,(H2,22,23,24,26)/b17-12+/t13-/m1/s1. The van der Waals surface area contributed by atoms with Gasteiger partial charge in [0.05, 0.1) is 5.57 Å². The lowest BCUT2D eigenvalue weighted by Gasteiger charge is -2.14. The number of ether oxygens (including phenoxy) is 1. The molecule has 0 aromatic heterocycles. The Morgan fingerprint density at radius 3 is 2.26 bits per heavy atom. The van der Waals surface area contributed by atoms with E-state index >= 15 is 0 Å². The Bertz CT molecular complexity index is 848. The van der Waals surface area contributed by atoms with Crippen LogP contribution >= 0.6 is 11.6 Å². The number of halogens is 1. The predicted octanol–water partition coefficient (Wildman–Crippen LogP) is 3.27. The smallest absolute Gasteiger partial charge is 0.339 e. The van der Waals surface area contributed by atoms with Gasteiger partial charge in [0.2, 0.25) is 0 Å². The van der Waals surface area contributed by atoms with E-state index in [9.17, 15) is 14.4 Å². The highest BCUT2D eigenvalue weighted by molar-refractivity contribution is 6.30. The van der Waals surface area contributed by atoms with Crippen LogP contribution in [-0.2, 0) is 14.3 Å². The average molecular weight is 387 g/mol. The van der Waals surface area contributed by atoms with Crippen molar-refractivity contribution in [3.05, 3.63) is 70.7 Å². The highest BCUT2D eigenvalue weighted by Gasteiger charge is 2.22. The van der Waals surface area contributed by atoms with E-state index in [1.165, 1.54) is 14.0 Å². The zero-order chi connectivity index (χ0) is 19.8. The monoisotopic (exact) mass is 386 g/mol. The molecule has 0 bridgehead atoms. The van der Waals surface area contributed by atoms with Crippen molar-refractivity contribution in [2.24, 2.45) is 0 Å². The number of urea groups is 1. The quantitative estimate of drug-likeness (QED) is 0.469. The lowest BCUT2D eigenvalue weighted by molar-refractivity contribution is -0.148. The SMILES string of the molecule is CNC(=O)NC(=O)[C@@H](C)OC(=O)/C(=C/c1ccccc1)c1ccc(Cl)cc1. The fourth-order valence-corrected chi connectivity index (χ4v) is 2.29. The van der Waals surface area contributed by atoms with E-state index in [1.54, 1.807) is 30.3 Å². The van der Waals surface area contributed by atoms with Crippen molar-refractivity contribution >= 4 is 41.2 Å². The summed E-state index contributed by atoms with van der Waals surface area (Å²) < 4.78 is 5.24. The molecule has 3 amide bonds. The Balaban J connectivity index is 2.26. The van der Waals surface area contributed by atoms with Gasteiger partial charge in [-0.2, -0.15) is 0 Å². The summed E-state index contributed by atoms with van der Waals surface area (Å²) >= 11 is 5.92. The largest absolute Gasteiger partial charge is 0.449 e. The van der Waals surface area contributed by atoms with Gasteiger partial charge in [0, 0.05) is 12.1 Å². The fourth-order valence-electron chi connectivity index (χ4n) is 2.16. The van der Waals surface area contributed by atoms with Crippen LogP contribution in [0.2, 0.25) is 5.02 Å². The number of nitrogens with one attached hydrogen (secondary N) is 2. The first kappa shape index (κ1) is 20.2. The number of benzene rings is 2. The molecule has 0 aliphatic rings. The maximum Gasteiger partial charge on any atom is 0.339 e. The number of hydrogen-bond donors (Lipinski definition) is 2. The number of amides is 3. The summed E-state index contributed by atoms with van der Waals surface area (Å²) in [7, 11) is 1.38. The fraction of sp³-hybridized carbons (Fsp3) is 0.150. The summed E-state index contributed by atoms with van der Waals surface area (Å²) in [4.78, 5) is 35.9. The summed E-state index contributed by atoms with van der Waals surface area (Å²) in [5.41, 5.74) is 1.64. The van der Waals surface area contributed by atoms with Crippen molar-refractivity contribution in [2.75, 3.05) is 7.05 Å². The molecule has 0 saturated heterocycles. The molecule has 6 nitrogen and oxygen atoms in total. The minimum Gasteiger partial charge on any atom is -0.449 e. The van der Waals surface area contributed by atoms with Crippen LogP contribution in [0.4, 0.5) is 4.79 Å². The third kappa shape index (κ3) is 5.97. The second-order valence-corrected chi connectivity index (χ2v) is 6.03. The van der Waals surface area contributed by atoms with E-state index in [-0.39, 0.29) is 5.57 Å². The zero-order valence-corrected chi connectivity index (χ0v) is 15.6. The van der Waals surface area contributed by atoms with Crippen LogP contribution in [0.5, 0.6) is 0 Å². The van der Waals surface area contributed by atoms with Crippen LogP contribution in [0.25, 0.3) is 11.6 Å². The van der Waals surface area contributed by atoms with Crippen LogP contribution in [0.15, 0.2) is 54.6 Å². The number of carbonyl (C=O) groups is 3. The summed E-state index contributed by atoms with van der Waals surface area (Å²) in [6.07, 6.45) is 0.510. The van der Waals surface area contributed by atoms with E-state index in [1.807, 2.05) is 30.3 Å². The molecule has 1 atom stereocenters. The van der Waals surface area contributed by atoms with E-state index < -0.39 is 24.0 Å². The maximum atomic E-state index is 12.7. The van der Waals surface area contributed by atoms with Crippen molar-refractivity contribution in [3.8, 4) is 0 Å². The van der Waals surface area contributed by atoms with Crippen LogP contribution in [-0.4, -0.2) is 31.1 Å². The molecule has 0 aliphatic carbocycles. The predicted molar refractivity (Wildman–Crippen MR) is 104 cm³/mol. The molecule has 2 aromatic rings. The molecule has 2 aromatic carbocycles. The van der Waals surface area contributed by atoms with Crippen LogP contribution in [0.1, 0.15) is 18.1 Å². The van der Waals surface area contributed by atoms with Gasteiger partial charge in [0.1, 0.15) is 0 Å². The van der Waals surface area contributed by atoms with Crippen molar-refractivity contribution in [2.45, 2.75) is 13.0 Å². The zero-order valence-electron chi connectivity index (χ0n) is 14.9. The van der Waals surface area contributed by atoms with Crippen LogP contribution < -0.4 is 10.6 Å². The molecular formula is C20H19ClN2O4. The Labute approximate surface area is 162 Å². The van der Waals surface area contributed by atoms with E-state index in [2.05, 4.69) is 10.6 Å². The molecule has 0 radical (unpaired) electrons. The third-order valence-electron chi connectivity index (χ3n) is 3.60. The van der Waals surface area contributed by atoms with Gasteiger partial charge in [0.25, 0.3) is 5.91 Å². The first-order valence-electron chi connectivity index (χ1n) is 8.17. The number of rotatable bonds is 5. The van der Waals surface area contributed by atoms with E-state index in [0.29, 0.717) is 10.6 Å². The van der Waals surface area contributed by atoms with Crippen LogP contribution in [0.3, 0.4) is 0 Å². The molecule has 0 unspecified atom stereocenters. The average Bonchev–Trinajstić information content (AvgIpc) is 2.67. The molecule has 0 fully saturated rings. The normalized spacial score (nSPS) is 12.0. The maximum absolute atomic E-state index is 12.7. The van der Waals surface area contributed by atoms with E-state index in [4.69, 9.17) is 16.3 Å². The Morgan fingerprint density at radius 1 is 1.04 bits per heavy atom. The van der Waals surface area contributed by atoms with Crippen molar-refractivity contribution in [3.63, 3.8) is 0 Å². The summed E-state index contributed by atoms with van der Waals surface area (Å²) in [5.74, 6) is -1.42. The Kier molecular flexibility index (Phi) is 7.14. The van der Waals surface area contributed by atoms with Gasteiger partial charge in [-0.3, -0.25) is 10.1 Å². The molecule has 0 heterocycles. The third-order valence-corrected chi connectivity index (χ3v) is 3.85. The van der Waals surface area contributed by atoms with Gasteiger partial charge in [-0.05, 0) is 36.3 Å². The molecule has 2 rings (SSSR count). The number of imide groups is 1. The number of hydrogen-bond acceptors (Lipinski definition) is 4. The van der Waals surface area contributed by atoms with Gasteiger partial charge in [0.15, 0.2) is 6.10 Å². The number of carbonyl (C=O) groups excluding carboxylic acids is 3. The minimum atomic E-state index is -1.15. The summed E-state index contributed by atoms with van der Waals surface area (Å²) in [6, 6.07) is 15.2. The summed E-state index contributed by atoms with van der Waals surface area (Å²) in [6.45, 7) is 1.39. The van der Waals surface area contributed by atoms with Crippen LogP contribution in [0, 0.1) is 0 Å². The second-order valence-electron chi connectivity index (χ2n) is 5.59. The first-order chi connectivity index (χ1) is 12.9. The molecular weight excluding hydrogens is 368 g/mol. The molecule has 140 valence electrons. The van der Waals surface area contributed by atoms with E-state index in [0.717, 1.165) is 5.56 Å². The molecule has 0 spiro atoms. The van der Waals surface area contributed by atoms with Gasteiger partial charge in [-0.1, -0.05) is 54.1 Å². The van der Waals surface area contributed by atoms with Gasteiger partial charge in [-0.15, -0.1) is 0 Å². The Morgan fingerprint density at radius 2 is 1.67 bits per heavy atom. The highest BCUT2D eigenvalue weighted by Crippen LogP contribution is 2.22. The van der Waals surface area contributed by atoms with Crippen molar-refractivity contribution in [1.82, 2.24) is 10.6 Å². The first-order valence-corrected chi connectivity index (χ1v) is 8.54. The summed E-state index contributed by atoms with van der Waals surface area (Å²) in [5, 5.41) is 4.85. The minimum absolute atomic E-state index is 0.262. The van der Waals surface area contributed by atoms with Gasteiger partial charge >= 0.3 is 12.0 Å². The van der Waals surface area contributed by atoms with Crippen molar-refractivity contribution in [1.29, 1.82) is 0 Å². The molecule has 27 heavy (non-hydrogen) atoms.